The van der Waals surface area contributed by atoms with Crippen molar-refractivity contribution in [2.45, 2.75) is 33.6 Å². The fraction of sp³-hybridized carbons (Fsp3) is 0.818. The van der Waals surface area contributed by atoms with Gasteiger partial charge in [-0.2, -0.15) is 0 Å². The molecule has 0 heterocycles. The van der Waals surface area contributed by atoms with Gasteiger partial charge in [-0.3, -0.25) is 0 Å². The lowest BCUT2D eigenvalue weighted by Crippen LogP contribution is -2.21. The first-order valence-corrected chi connectivity index (χ1v) is 4.75. The normalized spacial score (nSPS) is 27.3. The van der Waals surface area contributed by atoms with Gasteiger partial charge in [0, 0.05) is 13.7 Å². The summed E-state index contributed by atoms with van der Waals surface area (Å²) >= 11 is 0. The highest BCUT2D eigenvalue weighted by atomic mass is 16.5. The lowest BCUT2D eigenvalue weighted by molar-refractivity contribution is 0.151. The van der Waals surface area contributed by atoms with Crippen LogP contribution in [0.25, 0.3) is 0 Å². The molecule has 0 saturated carbocycles. The van der Waals surface area contributed by atoms with Crippen LogP contribution in [0.15, 0.2) is 11.6 Å². The van der Waals surface area contributed by atoms with Crippen molar-refractivity contribution in [2.24, 2.45) is 11.3 Å². The second kappa shape index (κ2) is 3.61. The Hall–Kier alpha value is -0.300. The van der Waals surface area contributed by atoms with E-state index in [-0.39, 0.29) is 0 Å². The molecule has 1 aliphatic rings. The molecule has 1 nitrogen and oxygen atoms in total. The van der Waals surface area contributed by atoms with Gasteiger partial charge in [0.25, 0.3) is 0 Å². The van der Waals surface area contributed by atoms with Gasteiger partial charge in [-0.05, 0) is 31.1 Å². The van der Waals surface area contributed by atoms with Crippen LogP contribution in [0.3, 0.4) is 0 Å². The Morgan fingerprint density at radius 2 is 2.25 bits per heavy atom. The lowest BCUT2D eigenvalue weighted by Gasteiger charge is -2.29. The molecule has 1 rings (SSSR count). The van der Waals surface area contributed by atoms with Crippen molar-refractivity contribution < 1.29 is 4.74 Å². The molecule has 0 unspecified atom stereocenters. The zero-order valence-electron chi connectivity index (χ0n) is 8.68. The lowest BCUT2D eigenvalue weighted by atomic mass is 9.76. The molecule has 0 aromatic carbocycles. The van der Waals surface area contributed by atoms with E-state index in [1.807, 2.05) is 0 Å². The van der Waals surface area contributed by atoms with Crippen LogP contribution in [-0.2, 0) is 4.74 Å². The number of methoxy groups -OCH3 is 1. The highest BCUT2D eigenvalue weighted by molar-refractivity contribution is 5.17. The van der Waals surface area contributed by atoms with Crippen molar-refractivity contribution in [3.05, 3.63) is 11.6 Å². The van der Waals surface area contributed by atoms with Crippen LogP contribution in [0.2, 0.25) is 0 Å². The standard InChI is InChI=1S/C11H20O/c1-9-5-6-10(7-8-12-4)11(9,2)3/h5,10H,6-8H2,1-4H3/t10-/m0/s1. The average molecular weight is 168 g/mol. The summed E-state index contributed by atoms with van der Waals surface area (Å²) < 4.78 is 5.11. The van der Waals surface area contributed by atoms with Crippen molar-refractivity contribution >= 4 is 0 Å². The molecule has 12 heavy (non-hydrogen) atoms. The molecule has 0 aromatic rings. The predicted molar refractivity (Wildman–Crippen MR) is 52.1 cm³/mol. The van der Waals surface area contributed by atoms with Gasteiger partial charge in [0.05, 0.1) is 0 Å². The third-order valence-electron chi connectivity index (χ3n) is 3.42. The molecule has 0 radical (unpaired) electrons. The van der Waals surface area contributed by atoms with Gasteiger partial charge in [-0.1, -0.05) is 25.5 Å². The Kier molecular flexibility index (Phi) is 2.94. The van der Waals surface area contributed by atoms with Crippen LogP contribution >= 0.6 is 0 Å². The predicted octanol–water partition coefficient (Wildman–Crippen LogP) is 3.02. The van der Waals surface area contributed by atoms with E-state index >= 15 is 0 Å². The van der Waals surface area contributed by atoms with Crippen LogP contribution in [0, 0.1) is 11.3 Å². The Morgan fingerprint density at radius 1 is 1.58 bits per heavy atom. The van der Waals surface area contributed by atoms with Gasteiger partial charge in [0.1, 0.15) is 0 Å². The first-order chi connectivity index (χ1) is 5.59. The van der Waals surface area contributed by atoms with Crippen molar-refractivity contribution in [3.8, 4) is 0 Å². The summed E-state index contributed by atoms with van der Waals surface area (Å²) in [6.07, 6.45) is 4.81. The summed E-state index contributed by atoms with van der Waals surface area (Å²) in [6.45, 7) is 7.82. The van der Waals surface area contributed by atoms with Crippen LogP contribution in [0.4, 0.5) is 0 Å². The number of hydrogen-bond acceptors (Lipinski definition) is 1. The number of hydrogen-bond donors (Lipinski definition) is 0. The van der Waals surface area contributed by atoms with E-state index < -0.39 is 0 Å². The SMILES string of the molecule is COCC[C@@H]1CC=C(C)C1(C)C. The van der Waals surface area contributed by atoms with Crippen molar-refractivity contribution in [2.75, 3.05) is 13.7 Å². The topological polar surface area (TPSA) is 9.23 Å². The molecule has 0 aliphatic heterocycles. The summed E-state index contributed by atoms with van der Waals surface area (Å²) in [4.78, 5) is 0. The minimum Gasteiger partial charge on any atom is -0.385 e. The largest absolute Gasteiger partial charge is 0.385 e. The smallest absolute Gasteiger partial charge is 0.0465 e. The Morgan fingerprint density at radius 3 is 2.67 bits per heavy atom. The van der Waals surface area contributed by atoms with E-state index in [1.165, 1.54) is 12.8 Å². The Labute approximate surface area is 75.8 Å². The molecule has 0 saturated heterocycles. The van der Waals surface area contributed by atoms with Crippen LogP contribution in [0.1, 0.15) is 33.6 Å². The maximum absolute atomic E-state index is 5.11. The summed E-state index contributed by atoms with van der Waals surface area (Å²) in [5.41, 5.74) is 1.95. The van der Waals surface area contributed by atoms with Crippen molar-refractivity contribution in [1.82, 2.24) is 0 Å². The third-order valence-corrected chi connectivity index (χ3v) is 3.42. The Balaban J connectivity index is 2.49. The van der Waals surface area contributed by atoms with Gasteiger partial charge >= 0.3 is 0 Å². The highest BCUT2D eigenvalue weighted by Gasteiger charge is 2.34. The van der Waals surface area contributed by atoms with Crippen LogP contribution in [-0.4, -0.2) is 13.7 Å². The second-order valence-corrected chi connectivity index (χ2v) is 4.32. The fourth-order valence-corrected chi connectivity index (χ4v) is 1.94. The van der Waals surface area contributed by atoms with Crippen molar-refractivity contribution in [3.63, 3.8) is 0 Å². The van der Waals surface area contributed by atoms with E-state index in [4.69, 9.17) is 4.74 Å². The number of ether oxygens (including phenoxy) is 1. The van der Waals surface area contributed by atoms with Gasteiger partial charge in [-0.25, -0.2) is 0 Å². The van der Waals surface area contributed by atoms with Gasteiger partial charge in [-0.15, -0.1) is 0 Å². The summed E-state index contributed by atoms with van der Waals surface area (Å²) in [5.74, 6) is 0.789. The Bertz CT molecular complexity index is 179. The molecule has 70 valence electrons. The van der Waals surface area contributed by atoms with E-state index in [0.717, 1.165) is 12.5 Å². The molecule has 1 atom stereocenters. The zero-order valence-corrected chi connectivity index (χ0v) is 8.68. The first-order valence-electron chi connectivity index (χ1n) is 4.75. The van der Waals surface area contributed by atoms with Gasteiger partial charge < -0.3 is 4.74 Å². The minimum atomic E-state index is 0.401. The highest BCUT2D eigenvalue weighted by Crippen LogP contribution is 2.44. The summed E-state index contributed by atoms with van der Waals surface area (Å²) in [7, 11) is 1.78. The number of allylic oxidation sites excluding steroid dienone is 2. The van der Waals surface area contributed by atoms with E-state index in [9.17, 15) is 0 Å². The molecule has 0 spiro atoms. The molecule has 0 N–H and O–H groups in total. The van der Waals surface area contributed by atoms with E-state index in [2.05, 4.69) is 26.8 Å². The zero-order chi connectivity index (χ0) is 9.19. The molecule has 0 fully saturated rings. The molecule has 0 bridgehead atoms. The molecular formula is C11H20O. The molecule has 0 amide bonds. The monoisotopic (exact) mass is 168 g/mol. The maximum Gasteiger partial charge on any atom is 0.0465 e. The first kappa shape index (κ1) is 9.79. The molecule has 1 aliphatic carbocycles. The minimum absolute atomic E-state index is 0.401. The molecule has 1 heteroatoms. The fourth-order valence-electron chi connectivity index (χ4n) is 1.94. The van der Waals surface area contributed by atoms with E-state index in [1.54, 1.807) is 12.7 Å². The van der Waals surface area contributed by atoms with Gasteiger partial charge in [0.2, 0.25) is 0 Å². The quantitative estimate of drug-likeness (QED) is 0.589. The second-order valence-electron chi connectivity index (χ2n) is 4.32. The van der Waals surface area contributed by atoms with Gasteiger partial charge in [0.15, 0.2) is 0 Å². The van der Waals surface area contributed by atoms with Crippen LogP contribution in [0.5, 0.6) is 0 Å². The average Bonchev–Trinajstić information content (AvgIpc) is 2.25. The summed E-state index contributed by atoms with van der Waals surface area (Å²) in [5, 5.41) is 0. The summed E-state index contributed by atoms with van der Waals surface area (Å²) in [6, 6.07) is 0. The molecule has 0 aromatic heterocycles. The molecular weight excluding hydrogens is 148 g/mol. The third kappa shape index (κ3) is 1.71. The number of rotatable bonds is 3. The van der Waals surface area contributed by atoms with Crippen molar-refractivity contribution in [1.29, 1.82) is 0 Å². The van der Waals surface area contributed by atoms with Crippen LogP contribution < -0.4 is 0 Å². The maximum atomic E-state index is 5.11. The van der Waals surface area contributed by atoms with E-state index in [0.29, 0.717) is 5.41 Å².